The molecule has 0 aromatic rings. The van der Waals surface area contributed by atoms with Crippen LogP contribution in [0.3, 0.4) is 0 Å². The fourth-order valence-electron chi connectivity index (χ4n) is 2.02. The zero-order chi connectivity index (χ0) is 14.3. The number of guanidine groups is 1. The fraction of sp³-hybridized carbons (Fsp3) is 0.846. The molecule has 0 unspecified atom stereocenters. The van der Waals surface area contributed by atoms with Gasteiger partial charge in [-0.05, 0) is 20.3 Å². The molecule has 1 aliphatic heterocycles. The largest absolute Gasteiger partial charge is 0.355 e. The van der Waals surface area contributed by atoms with E-state index in [1.165, 1.54) is 0 Å². The van der Waals surface area contributed by atoms with E-state index in [2.05, 4.69) is 34.4 Å². The number of thioether (sulfide) groups is 1. The van der Waals surface area contributed by atoms with Gasteiger partial charge in [-0.2, -0.15) is 11.8 Å². The van der Waals surface area contributed by atoms with Crippen molar-refractivity contribution >= 4 is 47.6 Å². The minimum atomic E-state index is 0. The van der Waals surface area contributed by atoms with Crippen molar-refractivity contribution in [2.75, 3.05) is 39.0 Å². The third kappa shape index (κ3) is 7.01. The zero-order valence-corrected chi connectivity index (χ0v) is 16.0. The van der Waals surface area contributed by atoms with E-state index in [1.807, 2.05) is 18.7 Å². The van der Waals surface area contributed by atoms with Gasteiger partial charge in [-0.25, -0.2) is 0 Å². The highest BCUT2D eigenvalue weighted by Gasteiger charge is 2.28. The van der Waals surface area contributed by atoms with Crippen LogP contribution >= 0.6 is 35.7 Å². The van der Waals surface area contributed by atoms with E-state index in [1.54, 1.807) is 7.05 Å². The molecule has 0 aliphatic carbocycles. The van der Waals surface area contributed by atoms with E-state index in [9.17, 15) is 4.79 Å². The van der Waals surface area contributed by atoms with Crippen LogP contribution in [0.15, 0.2) is 4.99 Å². The van der Waals surface area contributed by atoms with Crippen molar-refractivity contribution < 1.29 is 4.79 Å². The van der Waals surface area contributed by atoms with Crippen LogP contribution in [0, 0.1) is 0 Å². The summed E-state index contributed by atoms with van der Waals surface area (Å²) in [6, 6.07) is 0. The second-order valence-corrected chi connectivity index (χ2v) is 7.08. The fourth-order valence-corrected chi connectivity index (χ4v) is 3.13. The van der Waals surface area contributed by atoms with Gasteiger partial charge in [0.1, 0.15) is 0 Å². The molecule has 7 heteroatoms. The number of nitrogens with zero attached hydrogens (tertiary/aromatic N) is 2. The summed E-state index contributed by atoms with van der Waals surface area (Å²) in [7, 11) is 1.76. The van der Waals surface area contributed by atoms with Gasteiger partial charge in [0.15, 0.2) is 5.96 Å². The van der Waals surface area contributed by atoms with Crippen molar-refractivity contribution in [3.63, 3.8) is 0 Å². The number of amides is 1. The Labute approximate surface area is 143 Å². The lowest BCUT2D eigenvalue weighted by Crippen LogP contribution is -2.52. The molecule has 1 amide bonds. The Morgan fingerprint density at radius 1 is 1.40 bits per heavy atom. The maximum absolute atomic E-state index is 11.6. The number of rotatable bonds is 4. The molecule has 1 aliphatic rings. The molecule has 20 heavy (non-hydrogen) atoms. The summed E-state index contributed by atoms with van der Waals surface area (Å²) in [6.07, 6.45) is 0.956. The molecule has 0 bridgehead atoms. The molecule has 1 saturated heterocycles. The Morgan fingerprint density at radius 2 is 2.10 bits per heavy atom. The smallest absolute Gasteiger partial charge is 0.239 e. The van der Waals surface area contributed by atoms with E-state index in [0.717, 1.165) is 37.8 Å². The van der Waals surface area contributed by atoms with Crippen LogP contribution in [-0.2, 0) is 4.79 Å². The zero-order valence-electron chi connectivity index (χ0n) is 12.9. The van der Waals surface area contributed by atoms with Crippen LogP contribution in [0.2, 0.25) is 0 Å². The molecule has 0 atom stereocenters. The Hall–Kier alpha value is -0.180. The van der Waals surface area contributed by atoms with Crippen molar-refractivity contribution in [3.8, 4) is 0 Å². The first-order valence-electron chi connectivity index (χ1n) is 6.85. The van der Waals surface area contributed by atoms with Gasteiger partial charge in [-0.15, -0.1) is 24.0 Å². The summed E-state index contributed by atoms with van der Waals surface area (Å²) >= 11 is 1.98. The van der Waals surface area contributed by atoms with Crippen LogP contribution in [0.4, 0.5) is 0 Å². The predicted molar refractivity (Wildman–Crippen MR) is 98.2 cm³/mol. The quantitative estimate of drug-likeness (QED) is 0.416. The Kier molecular flexibility index (Phi) is 9.61. The number of carbonyl (C=O) groups is 1. The van der Waals surface area contributed by atoms with Crippen LogP contribution < -0.4 is 10.6 Å². The molecule has 0 aromatic heterocycles. The SMILES string of the molecule is CCCNC(=O)CNC(=NC)N1CCSC(C)(C)C1.I. The predicted octanol–water partition coefficient (Wildman–Crippen LogP) is 1.53. The number of carbonyl (C=O) groups excluding carboxylic acids is 1. The number of hydrogen-bond acceptors (Lipinski definition) is 3. The molecule has 1 heterocycles. The summed E-state index contributed by atoms with van der Waals surface area (Å²) < 4.78 is 0.236. The standard InChI is InChI=1S/C13H26N4OS.HI/c1-5-6-15-11(18)9-16-12(14-4)17-7-8-19-13(2,3)10-17;/h5-10H2,1-4H3,(H,14,16)(H,15,18);1H. The number of halogens is 1. The highest BCUT2D eigenvalue weighted by atomic mass is 127. The lowest BCUT2D eigenvalue weighted by atomic mass is 10.2. The second kappa shape index (κ2) is 9.70. The molecular weight excluding hydrogens is 387 g/mol. The van der Waals surface area contributed by atoms with E-state index >= 15 is 0 Å². The van der Waals surface area contributed by atoms with Gasteiger partial charge < -0.3 is 15.5 Å². The molecule has 0 radical (unpaired) electrons. The number of nitrogens with one attached hydrogen (secondary N) is 2. The van der Waals surface area contributed by atoms with Gasteiger partial charge in [-0.3, -0.25) is 9.79 Å². The van der Waals surface area contributed by atoms with Crippen molar-refractivity contribution in [1.29, 1.82) is 0 Å². The summed E-state index contributed by atoms with van der Waals surface area (Å²) in [5.41, 5.74) is 0. The summed E-state index contributed by atoms with van der Waals surface area (Å²) in [4.78, 5) is 18.1. The first kappa shape index (κ1) is 19.8. The van der Waals surface area contributed by atoms with Crippen LogP contribution in [0.1, 0.15) is 27.2 Å². The third-order valence-electron chi connectivity index (χ3n) is 2.92. The van der Waals surface area contributed by atoms with Gasteiger partial charge in [0.05, 0.1) is 6.54 Å². The Bertz CT molecular complexity index is 336. The van der Waals surface area contributed by atoms with Gasteiger partial charge in [0.25, 0.3) is 0 Å². The van der Waals surface area contributed by atoms with Gasteiger partial charge in [0, 0.05) is 37.2 Å². The first-order valence-corrected chi connectivity index (χ1v) is 7.83. The lowest BCUT2D eigenvalue weighted by Gasteiger charge is -2.39. The lowest BCUT2D eigenvalue weighted by molar-refractivity contribution is -0.120. The second-order valence-electron chi connectivity index (χ2n) is 5.28. The van der Waals surface area contributed by atoms with Crippen LogP contribution in [0.25, 0.3) is 0 Å². The van der Waals surface area contributed by atoms with Gasteiger partial charge in [-0.1, -0.05) is 6.92 Å². The summed E-state index contributed by atoms with van der Waals surface area (Å²) in [6.45, 7) is 9.47. The van der Waals surface area contributed by atoms with E-state index in [0.29, 0.717) is 0 Å². The molecule has 0 spiro atoms. The summed E-state index contributed by atoms with van der Waals surface area (Å²) in [5, 5.41) is 5.99. The monoisotopic (exact) mass is 414 g/mol. The van der Waals surface area contributed by atoms with Crippen LogP contribution in [0.5, 0.6) is 0 Å². The normalized spacial score (nSPS) is 18.2. The molecule has 1 rings (SSSR count). The molecule has 5 nitrogen and oxygen atoms in total. The molecular formula is C13H27IN4OS. The molecule has 118 valence electrons. The highest BCUT2D eigenvalue weighted by Crippen LogP contribution is 2.29. The van der Waals surface area contributed by atoms with E-state index in [-0.39, 0.29) is 41.2 Å². The maximum atomic E-state index is 11.6. The number of aliphatic imine (C=N–C) groups is 1. The molecule has 0 saturated carbocycles. The first-order chi connectivity index (χ1) is 8.98. The molecule has 0 aromatic carbocycles. The molecule has 2 N–H and O–H groups in total. The van der Waals surface area contributed by atoms with Crippen molar-refractivity contribution in [3.05, 3.63) is 0 Å². The Morgan fingerprint density at radius 3 is 2.65 bits per heavy atom. The third-order valence-corrected chi connectivity index (χ3v) is 4.21. The average molecular weight is 414 g/mol. The highest BCUT2D eigenvalue weighted by molar-refractivity contribution is 14.0. The van der Waals surface area contributed by atoms with Crippen molar-refractivity contribution in [2.45, 2.75) is 31.9 Å². The molecule has 1 fully saturated rings. The average Bonchev–Trinajstić information content (AvgIpc) is 2.36. The van der Waals surface area contributed by atoms with Gasteiger partial charge in [0.2, 0.25) is 5.91 Å². The minimum absolute atomic E-state index is 0. The van der Waals surface area contributed by atoms with Crippen LogP contribution in [-0.4, -0.2) is 60.5 Å². The maximum Gasteiger partial charge on any atom is 0.239 e. The minimum Gasteiger partial charge on any atom is -0.355 e. The number of hydrogen-bond donors (Lipinski definition) is 2. The summed E-state index contributed by atoms with van der Waals surface area (Å²) in [5.74, 6) is 1.93. The Balaban J connectivity index is 0.00000361. The topological polar surface area (TPSA) is 56.7 Å². The van der Waals surface area contributed by atoms with E-state index < -0.39 is 0 Å². The van der Waals surface area contributed by atoms with E-state index in [4.69, 9.17) is 0 Å². The van der Waals surface area contributed by atoms with Crippen molar-refractivity contribution in [1.82, 2.24) is 15.5 Å². The van der Waals surface area contributed by atoms with Gasteiger partial charge >= 0.3 is 0 Å². The van der Waals surface area contributed by atoms with Crippen molar-refractivity contribution in [2.24, 2.45) is 4.99 Å².